The predicted octanol–water partition coefficient (Wildman–Crippen LogP) is 1.76. The molecule has 0 atom stereocenters. The van der Waals surface area contributed by atoms with Crippen molar-refractivity contribution in [3.8, 4) is 0 Å². The van der Waals surface area contributed by atoms with Crippen molar-refractivity contribution in [1.29, 1.82) is 0 Å². The van der Waals surface area contributed by atoms with Gasteiger partial charge in [0, 0.05) is 13.1 Å². The van der Waals surface area contributed by atoms with Crippen LogP contribution < -0.4 is 11.5 Å². The van der Waals surface area contributed by atoms with Gasteiger partial charge < -0.3 is 11.5 Å². The summed E-state index contributed by atoms with van der Waals surface area (Å²) >= 11 is 0. The molecule has 0 saturated carbocycles. The van der Waals surface area contributed by atoms with E-state index in [9.17, 15) is 0 Å². The van der Waals surface area contributed by atoms with E-state index in [0.717, 1.165) is 11.1 Å². The molecule has 2 heteroatoms. The Hall–Kier alpha value is -1.38. The molecule has 0 aliphatic carbocycles. The summed E-state index contributed by atoms with van der Waals surface area (Å²) < 4.78 is 0. The third kappa shape index (κ3) is 1.62. The highest BCUT2D eigenvalue weighted by molar-refractivity contribution is 5.83. The molecule has 0 aliphatic rings. The minimum atomic E-state index is 0.592. The van der Waals surface area contributed by atoms with Crippen molar-refractivity contribution in [3.63, 3.8) is 0 Å². The zero-order valence-electron chi connectivity index (χ0n) is 8.03. The predicted molar refractivity (Wildman–Crippen MR) is 59.7 cm³/mol. The zero-order valence-corrected chi connectivity index (χ0v) is 8.03. The number of nitrogens with two attached hydrogens (primary N) is 2. The largest absolute Gasteiger partial charge is 0.326 e. The lowest BCUT2D eigenvalue weighted by molar-refractivity contribution is 1.07. The van der Waals surface area contributed by atoms with Crippen LogP contribution in [0.15, 0.2) is 36.4 Å². The lowest BCUT2D eigenvalue weighted by Gasteiger charge is -2.03. The molecule has 0 unspecified atom stereocenters. The van der Waals surface area contributed by atoms with E-state index in [1.54, 1.807) is 0 Å². The van der Waals surface area contributed by atoms with E-state index >= 15 is 0 Å². The first kappa shape index (κ1) is 9.19. The second-order valence-electron chi connectivity index (χ2n) is 3.42. The van der Waals surface area contributed by atoms with Gasteiger partial charge in [0.1, 0.15) is 0 Å². The van der Waals surface area contributed by atoms with Gasteiger partial charge in [-0.1, -0.05) is 24.3 Å². The summed E-state index contributed by atoms with van der Waals surface area (Å²) in [6, 6.07) is 12.5. The first-order valence-corrected chi connectivity index (χ1v) is 4.75. The summed E-state index contributed by atoms with van der Waals surface area (Å²) in [4.78, 5) is 0. The standard InChI is InChI=1S/C12H14N2/c13-7-9-1-3-11-6-10(8-14)2-4-12(11)5-9/h1-6H,7-8,13-14H2. The molecule has 0 aliphatic heterocycles. The Morgan fingerprint density at radius 3 is 1.50 bits per heavy atom. The second kappa shape index (κ2) is 3.78. The Bertz CT molecular complexity index is 406. The van der Waals surface area contributed by atoms with Crippen molar-refractivity contribution in [2.24, 2.45) is 11.5 Å². The Labute approximate surface area is 83.5 Å². The fourth-order valence-corrected chi connectivity index (χ4v) is 1.60. The summed E-state index contributed by atoms with van der Waals surface area (Å²) in [5.41, 5.74) is 13.5. The van der Waals surface area contributed by atoms with E-state index in [0.29, 0.717) is 13.1 Å². The van der Waals surface area contributed by atoms with Gasteiger partial charge in [-0.3, -0.25) is 0 Å². The van der Waals surface area contributed by atoms with Crippen LogP contribution in [0.1, 0.15) is 11.1 Å². The number of benzene rings is 2. The Morgan fingerprint density at radius 1 is 0.714 bits per heavy atom. The molecule has 2 aromatic rings. The highest BCUT2D eigenvalue weighted by atomic mass is 14.5. The van der Waals surface area contributed by atoms with Crippen molar-refractivity contribution in [1.82, 2.24) is 0 Å². The van der Waals surface area contributed by atoms with Crippen molar-refractivity contribution in [2.45, 2.75) is 13.1 Å². The third-order valence-electron chi connectivity index (χ3n) is 2.44. The lowest BCUT2D eigenvalue weighted by atomic mass is 10.0. The summed E-state index contributed by atoms with van der Waals surface area (Å²) in [5.74, 6) is 0. The fraction of sp³-hybridized carbons (Fsp3) is 0.167. The molecule has 0 amide bonds. The number of hydrogen-bond acceptors (Lipinski definition) is 2. The van der Waals surface area contributed by atoms with Gasteiger partial charge in [-0.15, -0.1) is 0 Å². The minimum absolute atomic E-state index is 0.592. The van der Waals surface area contributed by atoms with Crippen LogP contribution in [0, 0.1) is 0 Å². The zero-order chi connectivity index (χ0) is 9.97. The maximum Gasteiger partial charge on any atom is 0.0178 e. The van der Waals surface area contributed by atoms with Crippen LogP contribution in [0.25, 0.3) is 10.8 Å². The van der Waals surface area contributed by atoms with E-state index in [4.69, 9.17) is 11.5 Å². The molecular weight excluding hydrogens is 172 g/mol. The Balaban J connectivity index is 2.57. The first-order valence-electron chi connectivity index (χ1n) is 4.75. The van der Waals surface area contributed by atoms with Gasteiger partial charge in [0.05, 0.1) is 0 Å². The second-order valence-corrected chi connectivity index (χ2v) is 3.42. The maximum atomic E-state index is 5.58. The molecule has 0 bridgehead atoms. The Kier molecular flexibility index (Phi) is 2.48. The smallest absolute Gasteiger partial charge is 0.0178 e. The molecule has 2 aromatic carbocycles. The molecule has 0 spiro atoms. The van der Waals surface area contributed by atoms with Crippen LogP contribution in [0.5, 0.6) is 0 Å². The highest BCUT2D eigenvalue weighted by Crippen LogP contribution is 2.17. The monoisotopic (exact) mass is 186 g/mol. The lowest BCUT2D eigenvalue weighted by Crippen LogP contribution is -1.97. The van der Waals surface area contributed by atoms with Crippen molar-refractivity contribution < 1.29 is 0 Å². The third-order valence-corrected chi connectivity index (χ3v) is 2.44. The summed E-state index contributed by atoms with van der Waals surface area (Å²) in [7, 11) is 0. The topological polar surface area (TPSA) is 52.0 Å². The van der Waals surface area contributed by atoms with Crippen molar-refractivity contribution in [2.75, 3.05) is 0 Å². The summed E-state index contributed by atoms with van der Waals surface area (Å²) in [6.45, 7) is 1.18. The van der Waals surface area contributed by atoms with Gasteiger partial charge >= 0.3 is 0 Å². The van der Waals surface area contributed by atoms with Gasteiger partial charge in [-0.25, -0.2) is 0 Å². The molecule has 4 N–H and O–H groups in total. The molecule has 2 nitrogen and oxygen atoms in total. The van der Waals surface area contributed by atoms with Gasteiger partial charge in [0.15, 0.2) is 0 Å². The van der Waals surface area contributed by atoms with Gasteiger partial charge in [-0.05, 0) is 34.0 Å². The first-order chi connectivity index (χ1) is 6.83. The summed E-state index contributed by atoms with van der Waals surface area (Å²) in [5, 5.41) is 2.45. The van der Waals surface area contributed by atoms with E-state index in [2.05, 4.69) is 36.4 Å². The van der Waals surface area contributed by atoms with Crippen molar-refractivity contribution in [3.05, 3.63) is 47.5 Å². The van der Waals surface area contributed by atoms with Crippen LogP contribution in [0.4, 0.5) is 0 Å². The van der Waals surface area contributed by atoms with E-state index < -0.39 is 0 Å². The normalized spacial score (nSPS) is 10.7. The van der Waals surface area contributed by atoms with Crippen LogP contribution in [0.3, 0.4) is 0 Å². The van der Waals surface area contributed by atoms with E-state index in [1.807, 2.05) is 0 Å². The van der Waals surface area contributed by atoms with Gasteiger partial charge in [-0.2, -0.15) is 0 Å². The van der Waals surface area contributed by atoms with Gasteiger partial charge in [0.2, 0.25) is 0 Å². The molecule has 0 heterocycles. The van der Waals surface area contributed by atoms with Crippen LogP contribution in [-0.2, 0) is 13.1 Å². The van der Waals surface area contributed by atoms with Crippen molar-refractivity contribution >= 4 is 10.8 Å². The molecule has 0 fully saturated rings. The molecule has 0 radical (unpaired) electrons. The van der Waals surface area contributed by atoms with Crippen LogP contribution in [-0.4, -0.2) is 0 Å². The number of fused-ring (bicyclic) bond motifs is 1. The van der Waals surface area contributed by atoms with Crippen LogP contribution in [0.2, 0.25) is 0 Å². The highest BCUT2D eigenvalue weighted by Gasteiger charge is 1.96. The average molecular weight is 186 g/mol. The van der Waals surface area contributed by atoms with Gasteiger partial charge in [0.25, 0.3) is 0 Å². The minimum Gasteiger partial charge on any atom is -0.326 e. The molecule has 0 aromatic heterocycles. The number of rotatable bonds is 2. The molecule has 2 rings (SSSR count). The van der Waals surface area contributed by atoms with E-state index in [-0.39, 0.29) is 0 Å². The molecule has 0 saturated heterocycles. The molecule has 72 valence electrons. The Morgan fingerprint density at radius 2 is 1.14 bits per heavy atom. The SMILES string of the molecule is NCc1ccc2cc(CN)ccc2c1. The molecular formula is C12H14N2. The average Bonchev–Trinajstić information content (AvgIpc) is 2.27. The van der Waals surface area contributed by atoms with E-state index in [1.165, 1.54) is 10.8 Å². The fourth-order valence-electron chi connectivity index (χ4n) is 1.60. The molecule has 14 heavy (non-hydrogen) atoms. The number of hydrogen-bond donors (Lipinski definition) is 2. The summed E-state index contributed by atoms with van der Waals surface area (Å²) in [6.07, 6.45) is 0. The maximum absolute atomic E-state index is 5.58. The van der Waals surface area contributed by atoms with Crippen LogP contribution >= 0.6 is 0 Å². The quantitative estimate of drug-likeness (QED) is 0.750.